The SMILES string of the molecule is c1c(CC2CCNCC2)nnn1CC1CC1. The van der Waals surface area contributed by atoms with E-state index in [1.54, 1.807) is 0 Å². The molecule has 1 aromatic rings. The topological polar surface area (TPSA) is 42.7 Å². The summed E-state index contributed by atoms with van der Waals surface area (Å²) in [6.45, 7) is 3.42. The molecule has 0 spiro atoms. The van der Waals surface area contributed by atoms with Gasteiger partial charge in [-0.1, -0.05) is 5.21 Å². The Labute approximate surface area is 96.4 Å². The van der Waals surface area contributed by atoms with E-state index in [9.17, 15) is 0 Å². The average Bonchev–Trinajstić information content (AvgIpc) is 3.01. The van der Waals surface area contributed by atoms with Gasteiger partial charge in [-0.2, -0.15) is 0 Å². The first kappa shape index (κ1) is 10.3. The highest BCUT2D eigenvalue weighted by molar-refractivity contribution is 4.95. The van der Waals surface area contributed by atoms with Gasteiger partial charge in [0, 0.05) is 12.7 Å². The van der Waals surface area contributed by atoms with Crippen LogP contribution in [0.4, 0.5) is 0 Å². The zero-order valence-corrected chi connectivity index (χ0v) is 9.73. The Morgan fingerprint density at radius 3 is 2.75 bits per heavy atom. The predicted octanol–water partition coefficient (Wildman–Crippen LogP) is 1.23. The van der Waals surface area contributed by atoms with Gasteiger partial charge in [-0.15, -0.1) is 5.10 Å². The number of hydrogen-bond acceptors (Lipinski definition) is 3. The summed E-state index contributed by atoms with van der Waals surface area (Å²) in [6.07, 6.45) is 8.60. The molecule has 2 fully saturated rings. The van der Waals surface area contributed by atoms with Crippen LogP contribution in [0.5, 0.6) is 0 Å². The highest BCUT2D eigenvalue weighted by Crippen LogP contribution is 2.30. The van der Waals surface area contributed by atoms with E-state index in [-0.39, 0.29) is 0 Å². The lowest BCUT2D eigenvalue weighted by molar-refractivity contribution is 0.370. The molecule has 88 valence electrons. The summed E-state index contributed by atoms with van der Waals surface area (Å²) < 4.78 is 2.04. The standard InChI is InChI=1S/C12H20N4/c1-2-11(1)8-16-9-12(14-15-16)7-10-3-5-13-6-4-10/h9-11,13H,1-8H2. The maximum Gasteiger partial charge on any atom is 0.0829 e. The minimum Gasteiger partial charge on any atom is -0.317 e. The molecule has 0 unspecified atom stereocenters. The molecule has 2 heterocycles. The third-order valence-corrected chi connectivity index (χ3v) is 3.68. The quantitative estimate of drug-likeness (QED) is 0.830. The number of nitrogens with zero attached hydrogens (tertiary/aromatic N) is 3. The molecule has 1 aliphatic heterocycles. The Hall–Kier alpha value is -0.900. The zero-order chi connectivity index (χ0) is 10.8. The number of piperidine rings is 1. The Balaban J connectivity index is 1.54. The minimum atomic E-state index is 0.812. The van der Waals surface area contributed by atoms with Crippen LogP contribution < -0.4 is 5.32 Å². The lowest BCUT2D eigenvalue weighted by atomic mass is 9.93. The second-order valence-corrected chi connectivity index (χ2v) is 5.27. The highest BCUT2D eigenvalue weighted by atomic mass is 15.4. The second kappa shape index (κ2) is 4.53. The first-order valence-corrected chi connectivity index (χ1v) is 6.50. The highest BCUT2D eigenvalue weighted by Gasteiger charge is 2.22. The van der Waals surface area contributed by atoms with Gasteiger partial charge in [0.15, 0.2) is 0 Å². The fourth-order valence-corrected chi connectivity index (χ4v) is 2.47. The van der Waals surface area contributed by atoms with E-state index < -0.39 is 0 Å². The van der Waals surface area contributed by atoms with Gasteiger partial charge in [0.05, 0.1) is 5.69 Å². The lowest BCUT2D eigenvalue weighted by Crippen LogP contribution is -2.28. The zero-order valence-electron chi connectivity index (χ0n) is 9.73. The van der Waals surface area contributed by atoms with Crippen molar-refractivity contribution < 1.29 is 0 Å². The number of hydrogen-bond donors (Lipinski definition) is 1. The molecule has 0 atom stereocenters. The van der Waals surface area contributed by atoms with Crippen LogP contribution in [0.3, 0.4) is 0 Å². The van der Waals surface area contributed by atoms with E-state index in [0.717, 1.165) is 24.8 Å². The summed E-state index contributed by atoms with van der Waals surface area (Å²) in [5.74, 6) is 1.70. The lowest BCUT2D eigenvalue weighted by Gasteiger charge is -2.21. The van der Waals surface area contributed by atoms with Crippen molar-refractivity contribution >= 4 is 0 Å². The average molecular weight is 220 g/mol. The Kier molecular flexibility index (Phi) is 2.91. The van der Waals surface area contributed by atoms with Crippen molar-refractivity contribution in [1.29, 1.82) is 0 Å². The summed E-state index contributed by atoms with van der Waals surface area (Å²) in [6, 6.07) is 0. The van der Waals surface area contributed by atoms with Gasteiger partial charge in [0.1, 0.15) is 0 Å². The molecule has 1 aliphatic carbocycles. The maximum atomic E-state index is 4.28. The number of nitrogens with one attached hydrogen (secondary N) is 1. The minimum absolute atomic E-state index is 0.812. The van der Waals surface area contributed by atoms with Gasteiger partial charge in [0.25, 0.3) is 0 Å². The molecule has 16 heavy (non-hydrogen) atoms. The molecule has 3 rings (SSSR count). The molecule has 1 saturated carbocycles. The van der Waals surface area contributed by atoms with E-state index in [2.05, 4.69) is 21.8 Å². The van der Waals surface area contributed by atoms with Crippen LogP contribution >= 0.6 is 0 Å². The normalized spacial score (nSPS) is 22.5. The van der Waals surface area contributed by atoms with Crippen molar-refractivity contribution in [2.24, 2.45) is 11.8 Å². The van der Waals surface area contributed by atoms with E-state index in [1.807, 2.05) is 4.68 Å². The van der Waals surface area contributed by atoms with E-state index in [1.165, 1.54) is 44.5 Å². The van der Waals surface area contributed by atoms with Crippen LogP contribution in [-0.4, -0.2) is 28.1 Å². The fourth-order valence-electron chi connectivity index (χ4n) is 2.47. The largest absolute Gasteiger partial charge is 0.317 e. The summed E-state index contributed by atoms with van der Waals surface area (Å²) in [5.41, 5.74) is 1.19. The molecule has 0 amide bonds. The Bertz CT molecular complexity index is 337. The molecule has 1 N–H and O–H groups in total. The van der Waals surface area contributed by atoms with Crippen molar-refractivity contribution in [2.45, 2.75) is 38.6 Å². The van der Waals surface area contributed by atoms with Crippen LogP contribution in [-0.2, 0) is 13.0 Å². The molecule has 0 radical (unpaired) electrons. The van der Waals surface area contributed by atoms with Crippen LogP contribution in [0.15, 0.2) is 6.20 Å². The van der Waals surface area contributed by atoms with E-state index in [4.69, 9.17) is 0 Å². The molecular formula is C12H20N4. The van der Waals surface area contributed by atoms with Crippen LogP contribution in [0.2, 0.25) is 0 Å². The molecular weight excluding hydrogens is 200 g/mol. The number of rotatable bonds is 4. The molecule has 1 aromatic heterocycles. The molecule has 4 heteroatoms. The smallest absolute Gasteiger partial charge is 0.0829 e. The second-order valence-electron chi connectivity index (χ2n) is 5.27. The predicted molar refractivity (Wildman–Crippen MR) is 62.0 cm³/mol. The monoisotopic (exact) mass is 220 g/mol. The van der Waals surface area contributed by atoms with Crippen molar-refractivity contribution in [2.75, 3.05) is 13.1 Å². The van der Waals surface area contributed by atoms with Gasteiger partial charge >= 0.3 is 0 Å². The van der Waals surface area contributed by atoms with Gasteiger partial charge < -0.3 is 5.32 Å². The van der Waals surface area contributed by atoms with Gasteiger partial charge in [0.2, 0.25) is 0 Å². The van der Waals surface area contributed by atoms with Crippen LogP contribution in [0.25, 0.3) is 0 Å². The fraction of sp³-hybridized carbons (Fsp3) is 0.833. The van der Waals surface area contributed by atoms with Gasteiger partial charge in [-0.25, -0.2) is 0 Å². The molecule has 2 aliphatic rings. The number of aromatic nitrogens is 3. The molecule has 4 nitrogen and oxygen atoms in total. The van der Waals surface area contributed by atoms with Crippen LogP contribution in [0.1, 0.15) is 31.4 Å². The van der Waals surface area contributed by atoms with Crippen LogP contribution in [0, 0.1) is 11.8 Å². The summed E-state index contributed by atoms with van der Waals surface area (Å²) in [5, 5.41) is 11.9. The maximum absolute atomic E-state index is 4.28. The third-order valence-electron chi connectivity index (χ3n) is 3.68. The van der Waals surface area contributed by atoms with Gasteiger partial charge in [-0.3, -0.25) is 4.68 Å². The van der Waals surface area contributed by atoms with E-state index >= 15 is 0 Å². The molecule has 1 saturated heterocycles. The van der Waals surface area contributed by atoms with Crippen molar-refractivity contribution in [3.63, 3.8) is 0 Å². The van der Waals surface area contributed by atoms with Crippen molar-refractivity contribution in [3.05, 3.63) is 11.9 Å². The first-order valence-electron chi connectivity index (χ1n) is 6.50. The Morgan fingerprint density at radius 2 is 2.00 bits per heavy atom. The van der Waals surface area contributed by atoms with Gasteiger partial charge in [-0.05, 0) is 57.0 Å². The first-order chi connectivity index (χ1) is 7.90. The van der Waals surface area contributed by atoms with E-state index in [0.29, 0.717) is 0 Å². The Morgan fingerprint density at radius 1 is 1.19 bits per heavy atom. The molecule has 0 bridgehead atoms. The van der Waals surface area contributed by atoms with Crippen molar-refractivity contribution in [3.8, 4) is 0 Å². The summed E-state index contributed by atoms with van der Waals surface area (Å²) >= 11 is 0. The summed E-state index contributed by atoms with van der Waals surface area (Å²) in [7, 11) is 0. The summed E-state index contributed by atoms with van der Waals surface area (Å²) in [4.78, 5) is 0. The molecule has 0 aromatic carbocycles. The van der Waals surface area contributed by atoms with Crippen molar-refractivity contribution in [1.82, 2.24) is 20.3 Å². The third kappa shape index (κ3) is 2.61.